The number of amides is 1. The van der Waals surface area contributed by atoms with Gasteiger partial charge in [-0.25, -0.2) is 4.99 Å². The Morgan fingerprint density at radius 3 is 2.76 bits per heavy atom. The summed E-state index contributed by atoms with van der Waals surface area (Å²) in [4.78, 5) is 25.1. The molecule has 3 aliphatic heterocycles. The summed E-state index contributed by atoms with van der Waals surface area (Å²) in [6, 6.07) is 0. The van der Waals surface area contributed by atoms with E-state index in [0.717, 1.165) is 49.5 Å². The lowest BCUT2D eigenvalue weighted by atomic mass is 9.86. The molecule has 3 rings (SSSR count). The van der Waals surface area contributed by atoms with Gasteiger partial charge in [-0.1, -0.05) is 0 Å². The van der Waals surface area contributed by atoms with Crippen molar-refractivity contribution < 1.29 is 9.90 Å². The lowest BCUT2D eigenvalue weighted by Gasteiger charge is -2.47. The fourth-order valence-corrected chi connectivity index (χ4v) is 4.31. The number of likely N-dealkylation sites (tertiary alicyclic amines) is 2. The van der Waals surface area contributed by atoms with E-state index in [4.69, 9.17) is 0 Å². The molecule has 0 aromatic heterocycles. The maximum atomic E-state index is 12.5. The second-order valence-corrected chi connectivity index (χ2v) is 6.96. The number of aliphatic hydroxyl groups excluding tert-OH is 1. The summed E-state index contributed by atoms with van der Waals surface area (Å²) in [6.07, 6.45) is 6.73. The second-order valence-electron chi connectivity index (χ2n) is 6.96. The van der Waals surface area contributed by atoms with Gasteiger partial charge in [0, 0.05) is 32.9 Å². The summed E-state index contributed by atoms with van der Waals surface area (Å²) >= 11 is 0. The largest absolute Gasteiger partial charge is 0.384 e. The van der Waals surface area contributed by atoms with Crippen molar-refractivity contribution in [3.8, 4) is 0 Å². The zero-order valence-electron chi connectivity index (χ0n) is 15.0. The summed E-state index contributed by atoms with van der Waals surface area (Å²) in [5.41, 5.74) is 0.711. The standard InChI is InChI=1S/C18H27N5O2/c1-13(24)17(25)23-11-5-8-18(23)7-4-10-22(12-18)16(20-3)14-6-9-21-15(14)19-2/h6,9,13,24H,3-5,7-8,10-12H2,1-2H3,(H,19,21)/b16-14+. The highest BCUT2D eigenvalue weighted by atomic mass is 16.3. The first kappa shape index (κ1) is 17.7. The molecule has 2 N–H and O–H groups in total. The third kappa shape index (κ3) is 3.08. The maximum absolute atomic E-state index is 12.5. The number of nitrogens with one attached hydrogen (secondary N) is 1. The van der Waals surface area contributed by atoms with E-state index < -0.39 is 6.10 Å². The van der Waals surface area contributed by atoms with Crippen LogP contribution < -0.4 is 5.32 Å². The first-order valence-electron chi connectivity index (χ1n) is 8.88. The summed E-state index contributed by atoms with van der Waals surface area (Å²) in [7, 11) is 1.74. The number of hydrogen-bond acceptors (Lipinski definition) is 5. The van der Waals surface area contributed by atoms with Gasteiger partial charge >= 0.3 is 0 Å². The minimum absolute atomic E-state index is 0.168. The Labute approximate surface area is 148 Å². The van der Waals surface area contributed by atoms with Gasteiger partial charge in [-0.2, -0.15) is 0 Å². The highest BCUT2D eigenvalue weighted by Gasteiger charge is 2.47. The van der Waals surface area contributed by atoms with E-state index in [1.807, 2.05) is 17.2 Å². The van der Waals surface area contributed by atoms with Gasteiger partial charge < -0.3 is 20.2 Å². The molecule has 25 heavy (non-hydrogen) atoms. The molecule has 0 aromatic carbocycles. The van der Waals surface area contributed by atoms with Gasteiger partial charge in [-0.15, -0.1) is 0 Å². The van der Waals surface area contributed by atoms with Crippen LogP contribution in [0.15, 0.2) is 33.7 Å². The van der Waals surface area contributed by atoms with E-state index >= 15 is 0 Å². The number of carbonyl (C=O) groups is 1. The summed E-state index contributed by atoms with van der Waals surface area (Å²) in [6.45, 7) is 7.62. The third-order valence-corrected chi connectivity index (χ3v) is 5.41. The van der Waals surface area contributed by atoms with Crippen LogP contribution in [0.4, 0.5) is 0 Å². The molecular formula is C18H27N5O2. The molecule has 136 valence electrons. The van der Waals surface area contributed by atoms with Crippen molar-refractivity contribution in [1.82, 2.24) is 15.1 Å². The van der Waals surface area contributed by atoms with E-state index in [0.29, 0.717) is 13.1 Å². The van der Waals surface area contributed by atoms with Gasteiger partial charge in [0.25, 0.3) is 5.91 Å². The predicted molar refractivity (Wildman–Crippen MR) is 98.4 cm³/mol. The van der Waals surface area contributed by atoms with Crippen molar-refractivity contribution in [2.45, 2.75) is 44.2 Å². The van der Waals surface area contributed by atoms with Crippen molar-refractivity contribution in [3.05, 3.63) is 23.7 Å². The Kier molecular flexibility index (Phi) is 4.94. The number of aliphatic hydroxyl groups is 1. The van der Waals surface area contributed by atoms with Gasteiger partial charge in [-0.05, 0) is 45.4 Å². The molecular weight excluding hydrogens is 318 g/mol. The van der Waals surface area contributed by atoms with Crippen LogP contribution in [0.1, 0.15) is 32.6 Å². The zero-order chi connectivity index (χ0) is 18.0. The smallest absolute Gasteiger partial charge is 0.251 e. The molecule has 2 unspecified atom stereocenters. The minimum atomic E-state index is -0.957. The van der Waals surface area contributed by atoms with E-state index in [2.05, 4.69) is 26.9 Å². The maximum Gasteiger partial charge on any atom is 0.251 e. The number of amidine groups is 1. The first-order chi connectivity index (χ1) is 12.0. The van der Waals surface area contributed by atoms with E-state index in [1.165, 1.54) is 0 Å². The topological polar surface area (TPSA) is 80.5 Å². The highest BCUT2D eigenvalue weighted by Crippen LogP contribution is 2.39. The summed E-state index contributed by atoms with van der Waals surface area (Å²) in [5.74, 6) is 1.42. The van der Waals surface area contributed by atoms with Crippen LogP contribution in [0.5, 0.6) is 0 Å². The third-order valence-electron chi connectivity index (χ3n) is 5.41. The van der Waals surface area contributed by atoms with Crippen molar-refractivity contribution in [2.24, 2.45) is 9.98 Å². The zero-order valence-corrected chi connectivity index (χ0v) is 15.0. The molecule has 7 nitrogen and oxygen atoms in total. The first-order valence-corrected chi connectivity index (χ1v) is 8.88. The molecule has 3 heterocycles. The fraction of sp³-hybridized carbons (Fsp3) is 0.611. The van der Waals surface area contributed by atoms with Crippen molar-refractivity contribution in [1.29, 1.82) is 0 Å². The SMILES string of the molecule is C=N/C(=C1/C=CNC1=NC)N1CCCC2(CCCN2C(=O)C(C)O)C1. The minimum Gasteiger partial charge on any atom is -0.384 e. The molecule has 1 amide bonds. The van der Waals surface area contributed by atoms with Crippen LogP contribution in [0.3, 0.4) is 0 Å². The van der Waals surface area contributed by atoms with Crippen molar-refractivity contribution >= 4 is 18.5 Å². The number of nitrogens with zero attached hydrogens (tertiary/aromatic N) is 4. The Morgan fingerprint density at radius 1 is 1.40 bits per heavy atom. The van der Waals surface area contributed by atoms with Crippen LogP contribution in [0.25, 0.3) is 0 Å². The van der Waals surface area contributed by atoms with E-state index in [9.17, 15) is 9.90 Å². The number of hydrogen-bond donors (Lipinski definition) is 2. The molecule has 7 heteroatoms. The van der Waals surface area contributed by atoms with Gasteiger partial charge in [-0.3, -0.25) is 9.79 Å². The van der Waals surface area contributed by atoms with Crippen LogP contribution in [0.2, 0.25) is 0 Å². The number of carbonyl (C=O) groups excluding carboxylic acids is 1. The molecule has 3 aliphatic rings. The molecule has 0 radical (unpaired) electrons. The second kappa shape index (κ2) is 7.00. The molecule has 2 fully saturated rings. The van der Waals surface area contributed by atoms with Gasteiger partial charge in [0.15, 0.2) is 0 Å². The van der Waals surface area contributed by atoms with Crippen molar-refractivity contribution in [3.63, 3.8) is 0 Å². The summed E-state index contributed by atoms with van der Waals surface area (Å²) < 4.78 is 0. The van der Waals surface area contributed by atoms with Crippen molar-refractivity contribution in [2.75, 3.05) is 26.7 Å². The molecule has 2 atom stereocenters. The quantitative estimate of drug-likeness (QED) is 0.744. The van der Waals surface area contributed by atoms with Gasteiger partial charge in [0.2, 0.25) is 0 Å². The Bertz CT molecular complexity index is 652. The number of rotatable bonds is 3. The Hall–Kier alpha value is -2.15. The Morgan fingerprint density at radius 2 is 2.12 bits per heavy atom. The molecule has 0 saturated carbocycles. The lowest BCUT2D eigenvalue weighted by molar-refractivity contribution is -0.145. The lowest BCUT2D eigenvalue weighted by Crippen LogP contribution is -2.58. The average Bonchev–Trinajstić information content (AvgIpc) is 3.22. The summed E-state index contributed by atoms with van der Waals surface area (Å²) in [5, 5.41) is 12.9. The highest BCUT2D eigenvalue weighted by molar-refractivity contribution is 6.04. The van der Waals surface area contributed by atoms with E-state index in [1.54, 1.807) is 14.0 Å². The van der Waals surface area contributed by atoms with Crippen LogP contribution in [-0.4, -0.2) is 71.7 Å². The predicted octanol–water partition coefficient (Wildman–Crippen LogP) is 0.882. The molecule has 0 aromatic rings. The van der Waals surface area contributed by atoms with Crippen LogP contribution in [0, 0.1) is 0 Å². The molecule has 2 saturated heterocycles. The molecule has 1 spiro atoms. The van der Waals surface area contributed by atoms with Gasteiger partial charge in [0.1, 0.15) is 17.8 Å². The number of piperidine rings is 1. The monoisotopic (exact) mass is 345 g/mol. The molecule has 0 bridgehead atoms. The normalized spacial score (nSPS) is 30.8. The Balaban J connectivity index is 1.90. The number of aliphatic imine (C=N–C) groups is 2. The van der Waals surface area contributed by atoms with Crippen LogP contribution in [-0.2, 0) is 4.79 Å². The fourth-order valence-electron chi connectivity index (χ4n) is 4.31. The van der Waals surface area contributed by atoms with Crippen LogP contribution >= 0.6 is 0 Å². The van der Waals surface area contributed by atoms with E-state index in [-0.39, 0.29) is 11.4 Å². The average molecular weight is 345 g/mol. The van der Waals surface area contributed by atoms with Gasteiger partial charge in [0.05, 0.1) is 11.1 Å². The molecule has 0 aliphatic carbocycles.